The molecule has 5 heteroatoms. The Labute approximate surface area is 98.9 Å². The Morgan fingerprint density at radius 2 is 1.94 bits per heavy atom. The van der Waals surface area contributed by atoms with E-state index in [0.29, 0.717) is 12.8 Å². The fourth-order valence-corrected chi connectivity index (χ4v) is 2.39. The van der Waals surface area contributed by atoms with Crippen molar-refractivity contribution in [2.24, 2.45) is 5.92 Å². The average Bonchev–Trinajstić information content (AvgIpc) is 2.17. The molecule has 98 valence electrons. The Kier molecular flexibility index (Phi) is 6.51. The van der Waals surface area contributed by atoms with E-state index in [2.05, 4.69) is 0 Å². The van der Waals surface area contributed by atoms with Crippen LogP contribution in [0.3, 0.4) is 0 Å². The van der Waals surface area contributed by atoms with Gasteiger partial charge in [0, 0.05) is 12.9 Å². The highest BCUT2D eigenvalue weighted by Gasteiger charge is 2.30. The van der Waals surface area contributed by atoms with Crippen molar-refractivity contribution in [1.29, 1.82) is 0 Å². The minimum atomic E-state index is -2.93. The summed E-state index contributed by atoms with van der Waals surface area (Å²) in [6, 6.07) is 0. The van der Waals surface area contributed by atoms with E-state index < -0.39 is 15.4 Å². The fraction of sp³-hybridized carbons (Fsp3) is 1.00. The third kappa shape index (κ3) is 5.27. The van der Waals surface area contributed by atoms with Crippen LogP contribution in [0.2, 0.25) is 0 Å². The Balaban J connectivity index is 4.24. The van der Waals surface area contributed by atoms with Crippen molar-refractivity contribution in [3.8, 4) is 0 Å². The standard InChI is InChI=1S/C11H24O4S/c1-5-16(13,14)8-6-7-11(12,9-15-4)10(2)3/h10,12H,5-9H2,1-4H3. The second kappa shape index (κ2) is 6.57. The first kappa shape index (κ1) is 15.9. The predicted molar refractivity (Wildman–Crippen MR) is 65.2 cm³/mol. The van der Waals surface area contributed by atoms with Gasteiger partial charge < -0.3 is 9.84 Å². The van der Waals surface area contributed by atoms with Gasteiger partial charge in [0.15, 0.2) is 0 Å². The third-order valence-electron chi connectivity index (χ3n) is 2.97. The summed E-state index contributed by atoms with van der Waals surface area (Å²) >= 11 is 0. The lowest BCUT2D eigenvalue weighted by molar-refractivity contribution is -0.0701. The van der Waals surface area contributed by atoms with Gasteiger partial charge in [-0.1, -0.05) is 20.8 Å². The molecular formula is C11H24O4S. The van der Waals surface area contributed by atoms with Crippen LogP contribution in [0.15, 0.2) is 0 Å². The molecule has 1 unspecified atom stereocenters. The lowest BCUT2D eigenvalue weighted by atomic mass is 9.87. The van der Waals surface area contributed by atoms with Crippen molar-refractivity contribution >= 4 is 9.84 Å². The highest BCUT2D eigenvalue weighted by Crippen LogP contribution is 2.23. The molecule has 0 bridgehead atoms. The maximum Gasteiger partial charge on any atom is 0.150 e. The maximum absolute atomic E-state index is 11.3. The summed E-state index contributed by atoms with van der Waals surface area (Å²) in [5.41, 5.74) is -0.919. The number of ether oxygens (including phenoxy) is 1. The molecule has 0 saturated heterocycles. The maximum atomic E-state index is 11.3. The largest absolute Gasteiger partial charge is 0.387 e. The van der Waals surface area contributed by atoms with Gasteiger partial charge in [-0.2, -0.15) is 0 Å². The fourth-order valence-electron chi connectivity index (χ4n) is 1.52. The number of hydrogen-bond donors (Lipinski definition) is 1. The third-order valence-corrected chi connectivity index (χ3v) is 4.76. The number of sulfone groups is 1. The van der Waals surface area contributed by atoms with Gasteiger partial charge in [0.05, 0.1) is 18.0 Å². The van der Waals surface area contributed by atoms with Crippen molar-refractivity contribution < 1.29 is 18.3 Å². The molecule has 1 atom stereocenters. The highest BCUT2D eigenvalue weighted by molar-refractivity contribution is 7.91. The van der Waals surface area contributed by atoms with Crippen LogP contribution in [0.25, 0.3) is 0 Å². The number of hydrogen-bond acceptors (Lipinski definition) is 4. The van der Waals surface area contributed by atoms with Crippen LogP contribution in [-0.4, -0.2) is 44.3 Å². The molecule has 4 nitrogen and oxygen atoms in total. The molecule has 0 saturated carbocycles. The predicted octanol–water partition coefficient (Wildman–Crippen LogP) is 1.23. The van der Waals surface area contributed by atoms with Crippen LogP contribution in [-0.2, 0) is 14.6 Å². The minimum absolute atomic E-state index is 0.0526. The second-order valence-electron chi connectivity index (χ2n) is 4.53. The van der Waals surface area contributed by atoms with Crippen molar-refractivity contribution in [3.63, 3.8) is 0 Å². The van der Waals surface area contributed by atoms with Crippen molar-refractivity contribution in [2.45, 2.75) is 39.2 Å². The lowest BCUT2D eigenvalue weighted by Gasteiger charge is -2.31. The zero-order valence-corrected chi connectivity index (χ0v) is 11.5. The molecule has 0 fully saturated rings. The van der Waals surface area contributed by atoms with Crippen molar-refractivity contribution in [2.75, 3.05) is 25.2 Å². The van der Waals surface area contributed by atoms with E-state index >= 15 is 0 Å². The number of rotatable bonds is 8. The highest BCUT2D eigenvalue weighted by atomic mass is 32.2. The second-order valence-corrected chi connectivity index (χ2v) is 7.00. The van der Waals surface area contributed by atoms with E-state index in [1.807, 2.05) is 13.8 Å². The lowest BCUT2D eigenvalue weighted by Crippen LogP contribution is -2.40. The van der Waals surface area contributed by atoms with Gasteiger partial charge in [-0.25, -0.2) is 8.42 Å². The Hall–Kier alpha value is -0.130. The average molecular weight is 252 g/mol. The first-order chi connectivity index (χ1) is 7.27. The van der Waals surface area contributed by atoms with E-state index in [0.717, 1.165) is 0 Å². The minimum Gasteiger partial charge on any atom is -0.387 e. The monoisotopic (exact) mass is 252 g/mol. The summed E-state index contributed by atoms with van der Waals surface area (Å²) in [6.07, 6.45) is 0.936. The number of methoxy groups -OCH3 is 1. The first-order valence-electron chi connectivity index (χ1n) is 5.69. The molecule has 0 aromatic rings. The Morgan fingerprint density at radius 3 is 2.31 bits per heavy atom. The van der Waals surface area contributed by atoms with Crippen LogP contribution in [0.5, 0.6) is 0 Å². The normalized spacial score (nSPS) is 16.4. The van der Waals surface area contributed by atoms with Gasteiger partial charge in [0.25, 0.3) is 0 Å². The summed E-state index contributed by atoms with van der Waals surface area (Å²) in [4.78, 5) is 0. The van der Waals surface area contributed by atoms with Gasteiger partial charge in [0.1, 0.15) is 9.84 Å². The van der Waals surface area contributed by atoms with Crippen LogP contribution in [0, 0.1) is 5.92 Å². The molecule has 0 aliphatic rings. The molecule has 0 radical (unpaired) electrons. The van der Waals surface area contributed by atoms with E-state index in [9.17, 15) is 13.5 Å². The molecule has 0 aromatic carbocycles. The van der Waals surface area contributed by atoms with E-state index in [-0.39, 0.29) is 24.0 Å². The smallest absolute Gasteiger partial charge is 0.150 e. The summed E-state index contributed by atoms with van der Waals surface area (Å²) in [5.74, 6) is 0.358. The number of aliphatic hydroxyl groups is 1. The van der Waals surface area contributed by atoms with Gasteiger partial charge in [-0.05, 0) is 18.8 Å². The van der Waals surface area contributed by atoms with Crippen molar-refractivity contribution in [1.82, 2.24) is 0 Å². The molecule has 0 aliphatic heterocycles. The van der Waals surface area contributed by atoms with E-state index in [1.54, 1.807) is 6.92 Å². The van der Waals surface area contributed by atoms with Gasteiger partial charge in [0.2, 0.25) is 0 Å². The zero-order valence-electron chi connectivity index (χ0n) is 10.7. The van der Waals surface area contributed by atoms with Gasteiger partial charge >= 0.3 is 0 Å². The molecule has 0 aliphatic carbocycles. The summed E-state index contributed by atoms with van der Waals surface area (Å²) in [6.45, 7) is 5.71. The molecule has 0 rings (SSSR count). The van der Waals surface area contributed by atoms with Crippen LogP contribution >= 0.6 is 0 Å². The molecule has 0 aromatic heterocycles. The molecule has 1 N–H and O–H groups in total. The topological polar surface area (TPSA) is 63.6 Å². The first-order valence-corrected chi connectivity index (χ1v) is 7.51. The van der Waals surface area contributed by atoms with Gasteiger partial charge in [-0.3, -0.25) is 0 Å². The zero-order chi connectivity index (χ0) is 12.8. The van der Waals surface area contributed by atoms with Crippen molar-refractivity contribution in [3.05, 3.63) is 0 Å². The van der Waals surface area contributed by atoms with E-state index in [4.69, 9.17) is 4.74 Å². The molecule has 0 heterocycles. The van der Waals surface area contributed by atoms with Crippen LogP contribution in [0.1, 0.15) is 33.6 Å². The summed E-state index contributed by atoms with van der Waals surface area (Å²) < 4.78 is 27.6. The van der Waals surface area contributed by atoms with Gasteiger partial charge in [-0.15, -0.1) is 0 Å². The summed E-state index contributed by atoms with van der Waals surface area (Å²) in [5, 5.41) is 10.2. The SMILES string of the molecule is CCS(=O)(=O)CCCC(O)(COC)C(C)C. The molecular weight excluding hydrogens is 228 g/mol. The Morgan fingerprint density at radius 1 is 1.38 bits per heavy atom. The summed E-state index contributed by atoms with van der Waals surface area (Å²) in [7, 11) is -1.40. The molecule has 0 spiro atoms. The van der Waals surface area contributed by atoms with Crippen LogP contribution in [0.4, 0.5) is 0 Å². The Bertz CT molecular complexity index is 284. The van der Waals surface area contributed by atoms with E-state index in [1.165, 1.54) is 7.11 Å². The van der Waals surface area contributed by atoms with Crippen LogP contribution < -0.4 is 0 Å². The quantitative estimate of drug-likeness (QED) is 0.706. The molecule has 0 amide bonds. The molecule has 16 heavy (non-hydrogen) atoms.